The van der Waals surface area contributed by atoms with Crippen LogP contribution in [0.3, 0.4) is 0 Å². The first-order chi connectivity index (χ1) is 32.7. The van der Waals surface area contributed by atoms with Crippen molar-refractivity contribution in [3.05, 3.63) is 218 Å². The van der Waals surface area contributed by atoms with Crippen molar-refractivity contribution < 1.29 is 0 Å². The van der Waals surface area contributed by atoms with Crippen molar-refractivity contribution in [3.8, 4) is 67.2 Å². The topological polar surface area (TPSA) is 77.3 Å². The molecule has 0 amide bonds. The van der Waals surface area contributed by atoms with Crippen molar-refractivity contribution >= 4 is 65.0 Å². The molecule has 6 nitrogen and oxygen atoms in total. The van der Waals surface area contributed by atoms with Crippen molar-refractivity contribution in [2.75, 3.05) is 0 Å². The highest BCUT2D eigenvalue weighted by Crippen LogP contribution is 2.42. The van der Waals surface area contributed by atoms with Crippen LogP contribution in [0.25, 0.3) is 132 Å². The third kappa shape index (κ3) is 6.34. The summed E-state index contributed by atoms with van der Waals surface area (Å²) in [5, 5.41) is 39.0. The van der Waals surface area contributed by atoms with E-state index in [2.05, 4.69) is 218 Å². The molecule has 0 saturated carbocycles. The first-order valence-corrected chi connectivity index (χ1v) is 22.1. The molecule has 0 aliphatic heterocycles. The Kier molecular flexibility index (Phi) is 8.74. The van der Waals surface area contributed by atoms with Gasteiger partial charge in [-0.15, -0.1) is 30.6 Å². The molecule has 0 bridgehead atoms. The molecule has 3 heterocycles. The lowest BCUT2D eigenvalue weighted by atomic mass is 9.87. The number of nitrogens with zero attached hydrogens (tertiary/aromatic N) is 6. The molecule has 3 aromatic heterocycles. The summed E-state index contributed by atoms with van der Waals surface area (Å²) < 4.78 is 0. The van der Waals surface area contributed by atoms with Crippen molar-refractivity contribution in [3.63, 3.8) is 0 Å². The fraction of sp³-hybridized carbons (Fsp3) is 0. The van der Waals surface area contributed by atoms with Gasteiger partial charge in [0.15, 0.2) is 0 Å². The van der Waals surface area contributed by atoms with Gasteiger partial charge in [-0.25, -0.2) is 0 Å². The smallest absolute Gasteiger partial charge is 0.101 e. The molecule has 0 spiro atoms. The van der Waals surface area contributed by atoms with Gasteiger partial charge in [-0.05, 0) is 85.9 Å². The van der Waals surface area contributed by atoms with Crippen LogP contribution in [0.1, 0.15) is 0 Å². The molecule has 0 N–H and O–H groups in total. The fourth-order valence-corrected chi connectivity index (χ4v) is 9.70. The van der Waals surface area contributed by atoms with E-state index in [-0.39, 0.29) is 0 Å². The summed E-state index contributed by atoms with van der Waals surface area (Å²) in [6, 6.07) is 76.7. The third-order valence-electron chi connectivity index (χ3n) is 12.9. The summed E-state index contributed by atoms with van der Waals surface area (Å²) in [7, 11) is 0. The van der Waals surface area contributed by atoms with Gasteiger partial charge in [0.25, 0.3) is 0 Å². The van der Waals surface area contributed by atoms with Crippen LogP contribution < -0.4 is 0 Å². The molecule has 13 aromatic rings. The van der Waals surface area contributed by atoms with E-state index in [9.17, 15) is 0 Å². The molecule has 13 rings (SSSR count). The summed E-state index contributed by atoms with van der Waals surface area (Å²) in [5.41, 5.74) is 14.3. The van der Waals surface area contributed by atoms with Crippen LogP contribution in [0.15, 0.2) is 218 Å². The van der Waals surface area contributed by atoms with Gasteiger partial charge in [0, 0.05) is 49.0 Å². The van der Waals surface area contributed by atoms with Gasteiger partial charge < -0.3 is 0 Å². The van der Waals surface area contributed by atoms with Crippen LogP contribution >= 0.6 is 0 Å². The highest BCUT2D eigenvalue weighted by Gasteiger charge is 2.19. The number of hydrogen-bond acceptors (Lipinski definition) is 6. The second kappa shape index (κ2) is 15.4. The summed E-state index contributed by atoms with van der Waals surface area (Å²) >= 11 is 0. The minimum absolute atomic E-state index is 0.805. The zero-order chi connectivity index (χ0) is 43.6. The average molecular weight is 841 g/mol. The number of benzene rings is 10. The Morgan fingerprint density at radius 3 is 0.773 bits per heavy atom. The minimum Gasteiger partial charge on any atom is -0.150 e. The van der Waals surface area contributed by atoms with Gasteiger partial charge in [-0.3, -0.25) is 0 Å². The molecule has 0 aliphatic carbocycles. The Labute approximate surface area is 379 Å². The molecule has 0 unspecified atom stereocenters. The highest BCUT2D eigenvalue weighted by molar-refractivity contribution is 6.08. The molecule has 0 saturated heterocycles. The normalized spacial score (nSPS) is 11.6. The summed E-state index contributed by atoms with van der Waals surface area (Å²) in [5.74, 6) is 0. The van der Waals surface area contributed by atoms with Crippen molar-refractivity contribution in [2.45, 2.75) is 0 Å². The molecule has 66 heavy (non-hydrogen) atoms. The third-order valence-corrected chi connectivity index (χ3v) is 12.9. The Balaban J connectivity index is 1.01. The van der Waals surface area contributed by atoms with E-state index in [1.807, 2.05) is 0 Å². The first kappa shape index (κ1) is 37.5. The zero-order valence-electron chi connectivity index (χ0n) is 35.5. The monoisotopic (exact) mass is 840 g/mol. The van der Waals surface area contributed by atoms with Crippen LogP contribution in [0, 0.1) is 0 Å². The molecular formula is C60H36N6. The van der Waals surface area contributed by atoms with E-state index in [0.29, 0.717) is 0 Å². The number of aromatic nitrogens is 6. The molecule has 10 aromatic carbocycles. The quantitative estimate of drug-likeness (QED) is 0.155. The maximum absolute atomic E-state index is 4.89. The van der Waals surface area contributed by atoms with Crippen molar-refractivity contribution in [1.29, 1.82) is 0 Å². The largest absolute Gasteiger partial charge is 0.150 e. The van der Waals surface area contributed by atoms with Crippen LogP contribution in [0.4, 0.5) is 0 Å². The predicted octanol–water partition coefficient (Wildman–Crippen LogP) is 15.0. The second-order valence-corrected chi connectivity index (χ2v) is 16.8. The van der Waals surface area contributed by atoms with Gasteiger partial charge in [-0.1, -0.05) is 182 Å². The molecule has 0 atom stereocenters. The molecule has 306 valence electrons. The van der Waals surface area contributed by atoms with Gasteiger partial charge in [0.05, 0.1) is 17.1 Å². The predicted molar refractivity (Wildman–Crippen MR) is 271 cm³/mol. The van der Waals surface area contributed by atoms with Gasteiger partial charge in [-0.2, -0.15) is 0 Å². The summed E-state index contributed by atoms with van der Waals surface area (Å²) in [4.78, 5) is 0. The summed E-state index contributed by atoms with van der Waals surface area (Å²) in [6.07, 6.45) is 0. The van der Waals surface area contributed by atoms with Gasteiger partial charge in [0.1, 0.15) is 16.6 Å². The van der Waals surface area contributed by atoms with Crippen molar-refractivity contribution in [1.82, 2.24) is 30.6 Å². The maximum Gasteiger partial charge on any atom is 0.101 e. The van der Waals surface area contributed by atoms with Crippen LogP contribution in [0.5, 0.6) is 0 Å². The number of fused-ring (bicyclic) bond motifs is 9. The van der Waals surface area contributed by atoms with E-state index >= 15 is 0 Å². The Hall–Kier alpha value is -9.00. The fourth-order valence-electron chi connectivity index (χ4n) is 9.70. The van der Waals surface area contributed by atoms with Crippen LogP contribution in [0.2, 0.25) is 0 Å². The lowest BCUT2D eigenvalue weighted by molar-refractivity contribution is 1.09. The van der Waals surface area contributed by atoms with E-state index in [1.54, 1.807) is 0 Å². The van der Waals surface area contributed by atoms with Gasteiger partial charge in [0.2, 0.25) is 0 Å². The molecule has 6 heteroatoms. The molecule has 0 radical (unpaired) electrons. The first-order valence-electron chi connectivity index (χ1n) is 22.1. The Morgan fingerprint density at radius 2 is 0.455 bits per heavy atom. The average Bonchev–Trinajstić information content (AvgIpc) is 3.40. The lowest BCUT2D eigenvalue weighted by Crippen LogP contribution is -1.96. The van der Waals surface area contributed by atoms with Crippen LogP contribution in [-0.2, 0) is 0 Å². The zero-order valence-corrected chi connectivity index (χ0v) is 35.5. The second-order valence-electron chi connectivity index (χ2n) is 16.8. The number of rotatable bonds is 6. The standard InChI is InChI=1S/C60H36N6/c1-4-19-49-37(13-1)25-28-40-34-55(61-64-58(40)49)52-22-10-7-16-46(52)43-31-44(47-17-8-11-23-53(47)56-35-41-29-26-38-14-2-5-20-50(38)59(41)65-62-56)33-45(32-43)48-18-9-12-24-54(48)57-36-42-30-27-39-15-3-6-21-51(39)60(42)66-63-57/h1-36H. The van der Waals surface area contributed by atoms with E-state index in [0.717, 1.165) is 132 Å². The van der Waals surface area contributed by atoms with Crippen LogP contribution in [-0.4, -0.2) is 30.6 Å². The van der Waals surface area contributed by atoms with Gasteiger partial charge >= 0.3 is 0 Å². The summed E-state index contributed by atoms with van der Waals surface area (Å²) in [6.45, 7) is 0. The Morgan fingerprint density at radius 1 is 0.197 bits per heavy atom. The van der Waals surface area contributed by atoms with E-state index in [1.165, 1.54) is 0 Å². The Bertz CT molecular complexity index is 3650. The van der Waals surface area contributed by atoms with E-state index < -0.39 is 0 Å². The lowest BCUT2D eigenvalue weighted by Gasteiger charge is -2.17. The SMILES string of the molecule is c1ccc(-c2cc3ccc4ccccc4c3nn2)c(-c2cc(-c3ccccc3-c3cc4ccc5ccccc5c4nn3)cc(-c3ccccc3-c3cc4ccc5ccccc5c4nn3)c2)c1. The van der Waals surface area contributed by atoms with Crippen molar-refractivity contribution in [2.24, 2.45) is 0 Å². The van der Waals surface area contributed by atoms with E-state index in [4.69, 9.17) is 30.6 Å². The number of hydrogen-bond donors (Lipinski definition) is 0. The maximum atomic E-state index is 4.89. The molecule has 0 aliphatic rings. The highest BCUT2D eigenvalue weighted by atomic mass is 15.1. The molecular weight excluding hydrogens is 805 g/mol. The minimum atomic E-state index is 0.805. The molecule has 0 fully saturated rings.